The van der Waals surface area contributed by atoms with Crippen LogP contribution < -0.4 is 5.32 Å². The quantitative estimate of drug-likeness (QED) is 0.311. The van der Waals surface area contributed by atoms with Gasteiger partial charge in [-0.25, -0.2) is 13.9 Å². The zero-order valence-electron chi connectivity index (χ0n) is 20.6. The third-order valence-corrected chi connectivity index (χ3v) is 6.81. The third-order valence-electron chi connectivity index (χ3n) is 6.81. The van der Waals surface area contributed by atoms with Gasteiger partial charge < -0.3 is 14.8 Å². The average molecular weight is 492 g/mol. The number of carbonyl (C=O) groups excluding carboxylic acids is 1. The summed E-state index contributed by atoms with van der Waals surface area (Å²) in [6, 6.07) is 27.2. The van der Waals surface area contributed by atoms with Crippen molar-refractivity contribution >= 4 is 11.7 Å². The molecular formula is C30H26FN5O. The molecule has 2 aromatic heterocycles. The predicted octanol–water partition coefficient (Wildman–Crippen LogP) is 6.56. The standard InChI is InChI=1S/C30H26FN5O/c1-20-13-15-24(16-14-20)32-30(37)35-19-26-21(2)33-36(25-10-4-3-5-11-25)29(26)34-17-7-12-27(34)28(35)22-8-6-9-23(31)18-22/h3-18,28H,19H2,1-2H3,(H,32,37). The highest BCUT2D eigenvalue weighted by atomic mass is 19.1. The van der Waals surface area contributed by atoms with Crippen LogP contribution in [0.4, 0.5) is 14.9 Å². The Morgan fingerprint density at radius 2 is 1.73 bits per heavy atom. The highest BCUT2D eigenvalue weighted by Gasteiger charge is 2.36. The molecule has 3 heterocycles. The van der Waals surface area contributed by atoms with E-state index in [1.165, 1.54) is 12.1 Å². The monoisotopic (exact) mass is 491 g/mol. The van der Waals surface area contributed by atoms with Gasteiger partial charge in [-0.3, -0.25) is 0 Å². The Morgan fingerprint density at radius 1 is 0.946 bits per heavy atom. The number of rotatable bonds is 3. The molecule has 0 saturated heterocycles. The fourth-order valence-corrected chi connectivity index (χ4v) is 5.01. The molecule has 184 valence electrons. The van der Waals surface area contributed by atoms with E-state index in [1.54, 1.807) is 11.0 Å². The number of para-hydroxylation sites is 1. The molecule has 0 fully saturated rings. The molecule has 1 unspecified atom stereocenters. The van der Waals surface area contributed by atoms with E-state index >= 15 is 0 Å². The number of halogens is 1. The van der Waals surface area contributed by atoms with E-state index in [1.807, 2.05) is 97.5 Å². The number of benzene rings is 3. The van der Waals surface area contributed by atoms with Crippen molar-refractivity contribution in [3.63, 3.8) is 0 Å². The molecule has 37 heavy (non-hydrogen) atoms. The van der Waals surface area contributed by atoms with Crippen LogP contribution in [0.3, 0.4) is 0 Å². The number of amides is 2. The Hall–Kier alpha value is -4.65. The lowest BCUT2D eigenvalue weighted by Gasteiger charge is -2.31. The molecule has 2 amide bonds. The third kappa shape index (κ3) is 4.08. The number of carbonyl (C=O) groups is 1. The molecule has 1 aliphatic heterocycles. The number of nitrogens with zero attached hydrogens (tertiary/aromatic N) is 4. The molecule has 1 N–H and O–H groups in total. The first kappa shape index (κ1) is 22.8. The van der Waals surface area contributed by atoms with E-state index in [4.69, 9.17) is 5.10 Å². The van der Waals surface area contributed by atoms with Crippen LogP contribution in [0.15, 0.2) is 97.2 Å². The zero-order valence-corrected chi connectivity index (χ0v) is 20.6. The van der Waals surface area contributed by atoms with Gasteiger partial charge in [0.1, 0.15) is 11.6 Å². The van der Waals surface area contributed by atoms with Gasteiger partial charge in [0.05, 0.1) is 29.7 Å². The summed E-state index contributed by atoms with van der Waals surface area (Å²) in [7, 11) is 0. The lowest BCUT2D eigenvalue weighted by molar-refractivity contribution is 0.194. The topological polar surface area (TPSA) is 55.1 Å². The minimum Gasteiger partial charge on any atom is -0.308 e. The van der Waals surface area contributed by atoms with E-state index in [-0.39, 0.29) is 11.8 Å². The first-order chi connectivity index (χ1) is 18.0. The van der Waals surface area contributed by atoms with Gasteiger partial charge in [-0.1, -0.05) is 48.0 Å². The first-order valence-electron chi connectivity index (χ1n) is 12.2. The maximum absolute atomic E-state index is 14.5. The maximum atomic E-state index is 14.5. The summed E-state index contributed by atoms with van der Waals surface area (Å²) in [4.78, 5) is 15.6. The van der Waals surface area contributed by atoms with Crippen LogP contribution >= 0.6 is 0 Å². The molecule has 0 radical (unpaired) electrons. The van der Waals surface area contributed by atoms with Gasteiger partial charge in [0.15, 0.2) is 0 Å². The summed E-state index contributed by atoms with van der Waals surface area (Å²) in [5.74, 6) is 0.527. The van der Waals surface area contributed by atoms with Crippen molar-refractivity contribution in [1.82, 2.24) is 19.2 Å². The smallest absolute Gasteiger partial charge is 0.308 e. The van der Waals surface area contributed by atoms with Gasteiger partial charge >= 0.3 is 6.03 Å². The van der Waals surface area contributed by atoms with Gasteiger partial charge in [-0.05, 0) is 67.9 Å². The van der Waals surface area contributed by atoms with Gasteiger partial charge in [0, 0.05) is 17.4 Å². The number of aromatic nitrogens is 3. The molecule has 6 rings (SSSR count). The number of aryl methyl sites for hydroxylation is 2. The second-order valence-electron chi connectivity index (χ2n) is 9.32. The minimum absolute atomic E-state index is 0.273. The fraction of sp³-hybridized carbons (Fsp3) is 0.133. The summed E-state index contributed by atoms with van der Waals surface area (Å²) in [5, 5.41) is 7.91. The van der Waals surface area contributed by atoms with Gasteiger partial charge in [-0.15, -0.1) is 0 Å². The van der Waals surface area contributed by atoms with Crippen molar-refractivity contribution in [2.75, 3.05) is 5.32 Å². The molecule has 0 spiro atoms. The summed E-state index contributed by atoms with van der Waals surface area (Å²) >= 11 is 0. The van der Waals surface area contributed by atoms with E-state index < -0.39 is 6.04 Å². The van der Waals surface area contributed by atoms with Crippen molar-refractivity contribution in [1.29, 1.82) is 0 Å². The Morgan fingerprint density at radius 3 is 2.49 bits per heavy atom. The van der Waals surface area contributed by atoms with E-state index in [2.05, 4.69) is 9.88 Å². The minimum atomic E-state index is -0.521. The summed E-state index contributed by atoms with van der Waals surface area (Å²) < 4.78 is 18.4. The molecule has 1 aliphatic rings. The average Bonchev–Trinajstić information content (AvgIpc) is 3.46. The molecule has 7 heteroatoms. The second kappa shape index (κ2) is 9.09. The number of nitrogens with one attached hydrogen (secondary N) is 1. The maximum Gasteiger partial charge on any atom is 0.322 e. The van der Waals surface area contributed by atoms with Gasteiger partial charge in [0.2, 0.25) is 0 Å². The molecule has 1 atom stereocenters. The van der Waals surface area contributed by atoms with E-state index in [0.717, 1.165) is 34.0 Å². The van der Waals surface area contributed by atoms with Crippen LogP contribution in [-0.2, 0) is 6.54 Å². The summed E-state index contributed by atoms with van der Waals surface area (Å²) in [6.07, 6.45) is 1.97. The molecule has 3 aromatic carbocycles. The Kier molecular flexibility index (Phi) is 5.60. The number of fused-ring (bicyclic) bond motifs is 3. The Labute approximate surface area is 214 Å². The normalized spacial score (nSPS) is 14.6. The lowest BCUT2D eigenvalue weighted by atomic mass is 10.0. The van der Waals surface area contributed by atoms with Crippen LogP contribution in [0.5, 0.6) is 0 Å². The van der Waals surface area contributed by atoms with Crippen LogP contribution in [0, 0.1) is 19.7 Å². The number of hydrogen-bond donors (Lipinski definition) is 1. The van der Waals surface area contributed by atoms with Crippen molar-refractivity contribution in [3.8, 4) is 11.5 Å². The Balaban J connectivity index is 1.53. The second-order valence-corrected chi connectivity index (χ2v) is 9.32. The number of anilines is 1. The van der Waals surface area contributed by atoms with Crippen LogP contribution in [-0.4, -0.2) is 25.3 Å². The predicted molar refractivity (Wildman–Crippen MR) is 142 cm³/mol. The van der Waals surface area contributed by atoms with E-state index in [9.17, 15) is 9.18 Å². The number of hydrogen-bond acceptors (Lipinski definition) is 2. The molecule has 6 nitrogen and oxygen atoms in total. The van der Waals surface area contributed by atoms with E-state index in [0.29, 0.717) is 17.8 Å². The highest BCUT2D eigenvalue weighted by molar-refractivity contribution is 5.90. The SMILES string of the molecule is Cc1ccc(NC(=O)N2Cc3c(C)nn(-c4ccccc4)c3-n3cccc3C2c2cccc(F)c2)cc1. The largest absolute Gasteiger partial charge is 0.322 e. The fourth-order valence-electron chi connectivity index (χ4n) is 5.01. The Bertz CT molecular complexity index is 1590. The first-order valence-corrected chi connectivity index (χ1v) is 12.2. The van der Waals surface area contributed by atoms with Crippen molar-refractivity contribution in [2.45, 2.75) is 26.4 Å². The van der Waals surface area contributed by atoms with Crippen LogP contribution in [0.25, 0.3) is 11.5 Å². The zero-order chi connectivity index (χ0) is 25.5. The van der Waals surface area contributed by atoms with Gasteiger partial charge in [-0.2, -0.15) is 5.10 Å². The lowest BCUT2D eigenvalue weighted by Crippen LogP contribution is -2.38. The molecule has 0 saturated carbocycles. The summed E-state index contributed by atoms with van der Waals surface area (Å²) in [5.41, 5.74) is 6.03. The highest BCUT2D eigenvalue weighted by Crippen LogP contribution is 2.38. The van der Waals surface area contributed by atoms with Crippen LogP contribution in [0.1, 0.15) is 34.1 Å². The molecule has 5 aromatic rings. The van der Waals surface area contributed by atoms with Crippen molar-refractivity contribution in [2.24, 2.45) is 0 Å². The van der Waals surface area contributed by atoms with Gasteiger partial charge in [0.25, 0.3) is 0 Å². The number of urea groups is 1. The van der Waals surface area contributed by atoms with Crippen molar-refractivity contribution in [3.05, 3.63) is 131 Å². The van der Waals surface area contributed by atoms with Crippen molar-refractivity contribution < 1.29 is 9.18 Å². The molecule has 0 bridgehead atoms. The molecular weight excluding hydrogens is 465 g/mol. The molecule has 0 aliphatic carbocycles. The van der Waals surface area contributed by atoms with Crippen LogP contribution in [0.2, 0.25) is 0 Å². The summed E-state index contributed by atoms with van der Waals surface area (Å²) in [6.45, 7) is 4.26.